The third-order valence-electron chi connectivity index (χ3n) is 2.57. The van der Waals surface area contributed by atoms with Crippen LogP contribution in [0.2, 0.25) is 0 Å². The lowest BCUT2D eigenvalue weighted by atomic mass is 10.2. The van der Waals surface area contributed by atoms with E-state index < -0.39 is 35.5 Å². The van der Waals surface area contributed by atoms with Crippen molar-refractivity contribution < 1.29 is 29.4 Å². The molecular formula is C14H22N2O6S. The number of aromatic hydroxyl groups is 2. The Hall–Kier alpha value is -2.03. The third-order valence-corrected chi connectivity index (χ3v) is 3.21. The fourth-order valence-corrected chi connectivity index (χ4v) is 2.05. The first-order valence-electron chi connectivity index (χ1n) is 6.94. The minimum atomic E-state index is -0.974. The lowest BCUT2D eigenvalue weighted by Gasteiger charge is -2.22. The van der Waals surface area contributed by atoms with Gasteiger partial charge in [0.25, 0.3) is 0 Å². The highest BCUT2D eigenvalue weighted by atomic mass is 32.2. The largest absolute Gasteiger partial charge is 0.492 e. The summed E-state index contributed by atoms with van der Waals surface area (Å²) in [4.78, 5) is 28.9. The molecule has 0 saturated carbocycles. The van der Waals surface area contributed by atoms with Gasteiger partial charge in [-0.05, 0) is 39.2 Å². The van der Waals surface area contributed by atoms with Crippen LogP contribution >= 0.6 is 11.8 Å². The van der Waals surface area contributed by atoms with Crippen molar-refractivity contribution in [2.75, 3.05) is 12.0 Å². The lowest BCUT2D eigenvalue weighted by molar-refractivity contribution is -0.148. The molecule has 0 aromatic carbocycles. The fraction of sp³-hybridized carbons (Fsp3) is 0.571. The van der Waals surface area contributed by atoms with E-state index in [0.717, 1.165) is 0 Å². The number of amides is 1. The number of ether oxygens (including phenoxy) is 1. The number of carbonyl (C=O) groups is 2. The van der Waals surface area contributed by atoms with Crippen LogP contribution in [0.3, 0.4) is 0 Å². The Balaban J connectivity index is 2.76. The highest BCUT2D eigenvalue weighted by Crippen LogP contribution is 2.19. The summed E-state index contributed by atoms with van der Waals surface area (Å²) in [5, 5.41) is 21.4. The van der Waals surface area contributed by atoms with Crippen LogP contribution in [0.15, 0.2) is 12.1 Å². The van der Waals surface area contributed by atoms with E-state index in [-0.39, 0.29) is 0 Å². The van der Waals surface area contributed by atoms with Gasteiger partial charge in [0.05, 0.1) is 0 Å². The predicted octanol–water partition coefficient (Wildman–Crippen LogP) is 1.50. The number of alkyl carbamates (subject to hydrolysis) is 1. The van der Waals surface area contributed by atoms with Crippen LogP contribution in [0.4, 0.5) is 4.79 Å². The minimum Gasteiger partial charge on any atom is -0.492 e. The Morgan fingerprint density at radius 3 is 2.35 bits per heavy atom. The summed E-state index contributed by atoms with van der Waals surface area (Å²) < 4.78 is 5.69. The number of thioether (sulfide) groups is 1. The first kappa shape index (κ1) is 19.0. The standard InChI is InChI=1S/C14H22N2O6S/c1-14(2,3)21-13(20)15-9(7-8-23-4)12(19)22-16-10(17)5-6-11(16)18/h5-6,9,17-18H,7-8H2,1-4H3,(H,15,20). The van der Waals surface area contributed by atoms with Gasteiger partial charge in [0.1, 0.15) is 11.6 Å². The average Bonchev–Trinajstić information content (AvgIpc) is 2.73. The van der Waals surface area contributed by atoms with E-state index in [1.807, 2.05) is 6.26 Å². The SMILES string of the molecule is CSCCC(NC(=O)OC(C)(C)C)C(=O)On1c(O)ccc1O. The Bertz CT molecular complexity index is 532. The summed E-state index contributed by atoms with van der Waals surface area (Å²) in [5.41, 5.74) is -0.699. The smallest absolute Gasteiger partial charge is 0.408 e. The van der Waals surface area contributed by atoms with E-state index >= 15 is 0 Å². The van der Waals surface area contributed by atoms with Crippen LogP contribution in [-0.2, 0) is 9.53 Å². The molecule has 0 aliphatic heterocycles. The zero-order chi connectivity index (χ0) is 17.6. The molecule has 0 aliphatic carbocycles. The molecule has 0 aliphatic rings. The molecule has 0 spiro atoms. The molecule has 1 heterocycles. The van der Waals surface area contributed by atoms with Crippen molar-refractivity contribution in [3.05, 3.63) is 12.1 Å². The molecule has 1 rings (SSSR count). The van der Waals surface area contributed by atoms with Crippen molar-refractivity contribution in [2.45, 2.75) is 38.8 Å². The second-order valence-corrected chi connectivity index (χ2v) is 6.72. The molecule has 0 bridgehead atoms. The second kappa shape index (κ2) is 8.00. The topological polar surface area (TPSA) is 110 Å². The zero-order valence-electron chi connectivity index (χ0n) is 13.5. The summed E-state index contributed by atoms with van der Waals surface area (Å²) >= 11 is 1.50. The Labute approximate surface area is 138 Å². The molecule has 0 radical (unpaired) electrons. The molecule has 8 nitrogen and oxygen atoms in total. The van der Waals surface area contributed by atoms with Crippen molar-refractivity contribution in [2.24, 2.45) is 0 Å². The summed E-state index contributed by atoms with van der Waals surface area (Å²) in [7, 11) is 0. The van der Waals surface area contributed by atoms with Crippen LogP contribution in [0.25, 0.3) is 0 Å². The van der Waals surface area contributed by atoms with Crippen molar-refractivity contribution in [1.82, 2.24) is 10.0 Å². The molecule has 1 aromatic rings. The maximum atomic E-state index is 12.2. The molecular weight excluding hydrogens is 324 g/mol. The maximum Gasteiger partial charge on any atom is 0.408 e. The Morgan fingerprint density at radius 2 is 1.87 bits per heavy atom. The van der Waals surface area contributed by atoms with Gasteiger partial charge < -0.3 is 25.1 Å². The van der Waals surface area contributed by atoms with Crippen molar-refractivity contribution >= 4 is 23.8 Å². The number of aromatic nitrogens is 1. The van der Waals surface area contributed by atoms with Crippen LogP contribution in [0.1, 0.15) is 27.2 Å². The third kappa shape index (κ3) is 6.31. The first-order valence-corrected chi connectivity index (χ1v) is 8.33. The van der Waals surface area contributed by atoms with Gasteiger partial charge in [0.2, 0.25) is 11.8 Å². The molecule has 0 saturated heterocycles. The number of carbonyl (C=O) groups excluding carboxylic acids is 2. The summed E-state index contributed by atoms with van der Waals surface area (Å²) in [6.45, 7) is 5.12. The van der Waals surface area contributed by atoms with Crippen molar-refractivity contribution in [1.29, 1.82) is 0 Å². The number of nitrogens with one attached hydrogen (secondary N) is 1. The molecule has 9 heteroatoms. The molecule has 1 aromatic heterocycles. The summed E-state index contributed by atoms with van der Waals surface area (Å²) in [5.74, 6) is -1.10. The fourth-order valence-electron chi connectivity index (χ4n) is 1.58. The molecule has 0 fully saturated rings. The van der Waals surface area contributed by atoms with E-state index in [4.69, 9.17) is 9.57 Å². The molecule has 23 heavy (non-hydrogen) atoms. The molecule has 1 atom stereocenters. The van der Waals surface area contributed by atoms with Gasteiger partial charge in [-0.1, -0.05) is 0 Å². The normalized spacial score (nSPS) is 12.5. The highest BCUT2D eigenvalue weighted by molar-refractivity contribution is 7.98. The zero-order valence-corrected chi connectivity index (χ0v) is 14.3. The van der Waals surface area contributed by atoms with Gasteiger partial charge in [-0.15, -0.1) is 4.73 Å². The maximum absolute atomic E-state index is 12.2. The van der Waals surface area contributed by atoms with Gasteiger partial charge in [-0.2, -0.15) is 11.8 Å². The van der Waals surface area contributed by atoms with E-state index in [0.29, 0.717) is 16.9 Å². The summed E-state index contributed by atoms with van der Waals surface area (Å²) in [6, 6.07) is 1.36. The van der Waals surface area contributed by atoms with E-state index in [1.54, 1.807) is 20.8 Å². The van der Waals surface area contributed by atoms with Crippen LogP contribution in [0.5, 0.6) is 11.8 Å². The van der Waals surface area contributed by atoms with Gasteiger partial charge >= 0.3 is 12.1 Å². The molecule has 1 unspecified atom stereocenters. The molecule has 3 N–H and O–H groups in total. The second-order valence-electron chi connectivity index (χ2n) is 5.73. The van der Waals surface area contributed by atoms with Gasteiger partial charge in [0.15, 0.2) is 0 Å². The van der Waals surface area contributed by atoms with Gasteiger partial charge in [0, 0.05) is 12.1 Å². The number of hydrogen-bond acceptors (Lipinski definition) is 7. The Kier molecular flexibility index (Phi) is 6.62. The van der Waals surface area contributed by atoms with Gasteiger partial charge in [-0.25, -0.2) is 9.59 Å². The van der Waals surface area contributed by atoms with Crippen LogP contribution in [-0.4, -0.2) is 50.7 Å². The highest BCUT2D eigenvalue weighted by Gasteiger charge is 2.27. The van der Waals surface area contributed by atoms with Gasteiger partial charge in [-0.3, -0.25) is 0 Å². The quantitative estimate of drug-likeness (QED) is 0.716. The van der Waals surface area contributed by atoms with E-state index in [1.165, 1.54) is 23.9 Å². The van der Waals surface area contributed by atoms with Crippen molar-refractivity contribution in [3.8, 4) is 11.8 Å². The number of nitrogens with zero attached hydrogens (tertiary/aromatic N) is 1. The van der Waals surface area contributed by atoms with Crippen molar-refractivity contribution in [3.63, 3.8) is 0 Å². The first-order chi connectivity index (χ1) is 10.6. The lowest BCUT2D eigenvalue weighted by Crippen LogP contribution is -2.46. The monoisotopic (exact) mass is 346 g/mol. The average molecular weight is 346 g/mol. The number of rotatable bonds is 6. The minimum absolute atomic E-state index is 0.308. The number of hydrogen-bond donors (Lipinski definition) is 3. The van der Waals surface area contributed by atoms with E-state index in [9.17, 15) is 19.8 Å². The predicted molar refractivity (Wildman–Crippen MR) is 85.5 cm³/mol. The van der Waals surface area contributed by atoms with Crippen LogP contribution < -0.4 is 10.2 Å². The molecule has 130 valence electrons. The van der Waals surface area contributed by atoms with E-state index in [2.05, 4.69) is 5.32 Å². The Morgan fingerprint density at radius 1 is 1.30 bits per heavy atom. The molecule has 1 amide bonds. The van der Waals surface area contributed by atoms with Crippen LogP contribution in [0, 0.1) is 0 Å². The summed E-state index contributed by atoms with van der Waals surface area (Å²) in [6.07, 6.45) is 1.42.